The Morgan fingerprint density at radius 1 is 1.24 bits per heavy atom. The highest BCUT2D eigenvalue weighted by Gasteiger charge is 2.06. The van der Waals surface area contributed by atoms with Crippen molar-refractivity contribution in [3.05, 3.63) is 62.9 Å². The minimum Gasteiger partial charge on any atom is -0.389 e. The molecule has 0 saturated carbocycles. The molecule has 3 N–H and O–H groups in total. The van der Waals surface area contributed by atoms with Crippen molar-refractivity contribution in [3.63, 3.8) is 0 Å². The first-order chi connectivity index (χ1) is 9.88. The first-order valence-electron chi connectivity index (χ1n) is 6.47. The fourth-order valence-electron chi connectivity index (χ4n) is 2.17. The summed E-state index contributed by atoms with van der Waals surface area (Å²) < 4.78 is 14.4. The second-order valence-corrected chi connectivity index (χ2v) is 6.25. The Kier molecular flexibility index (Phi) is 4.96. The van der Waals surface area contributed by atoms with Crippen molar-refractivity contribution in [1.82, 2.24) is 0 Å². The molecule has 0 aromatic heterocycles. The molecule has 2 aromatic carbocycles. The van der Waals surface area contributed by atoms with Crippen molar-refractivity contribution in [3.8, 4) is 0 Å². The van der Waals surface area contributed by atoms with Crippen molar-refractivity contribution in [2.45, 2.75) is 20.4 Å². The van der Waals surface area contributed by atoms with Gasteiger partial charge in [-0.25, -0.2) is 4.39 Å². The standard InChI is InChI=1S/C16H16BrFN2S/c1-9-5-11(6-10(2)15(9)18)8-20-12-3-4-13(16(19)21)14(17)7-12/h3-7,20H,8H2,1-2H3,(H2,19,21). The summed E-state index contributed by atoms with van der Waals surface area (Å²) in [5, 5.41) is 3.31. The van der Waals surface area contributed by atoms with Gasteiger partial charge in [0, 0.05) is 22.3 Å². The number of anilines is 1. The summed E-state index contributed by atoms with van der Waals surface area (Å²) in [6, 6.07) is 9.43. The molecule has 110 valence electrons. The third-order valence-electron chi connectivity index (χ3n) is 3.23. The number of halogens is 2. The van der Waals surface area contributed by atoms with Gasteiger partial charge in [0.2, 0.25) is 0 Å². The number of hydrogen-bond acceptors (Lipinski definition) is 2. The van der Waals surface area contributed by atoms with Gasteiger partial charge in [0.05, 0.1) is 0 Å². The predicted molar refractivity (Wildman–Crippen MR) is 93.2 cm³/mol. The highest BCUT2D eigenvalue weighted by atomic mass is 79.9. The van der Waals surface area contributed by atoms with Crippen LogP contribution in [0.25, 0.3) is 0 Å². The maximum Gasteiger partial charge on any atom is 0.129 e. The van der Waals surface area contributed by atoms with E-state index in [1.165, 1.54) is 0 Å². The zero-order valence-electron chi connectivity index (χ0n) is 11.8. The van der Waals surface area contributed by atoms with Gasteiger partial charge >= 0.3 is 0 Å². The van der Waals surface area contributed by atoms with Crippen molar-refractivity contribution in [2.75, 3.05) is 5.32 Å². The van der Waals surface area contributed by atoms with Gasteiger partial charge in [0.25, 0.3) is 0 Å². The number of aryl methyl sites for hydroxylation is 2. The summed E-state index contributed by atoms with van der Waals surface area (Å²) in [4.78, 5) is 0.359. The van der Waals surface area contributed by atoms with Crippen LogP contribution in [0.1, 0.15) is 22.3 Å². The van der Waals surface area contributed by atoms with E-state index in [0.717, 1.165) is 21.3 Å². The summed E-state index contributed by atoms with van der Waals surface area (Å²) in [5.74, 6) is -0.137. The molecule has 2 nitrogen and oxygen atoms in total. The Morgan fingerprint density at radius 2 is 1.86 bits per heavy atom. The molecule has 0 fully saturated rings. The fraction of sp³-hybridized carbons (Fsp3) is 0.188. The first-order valence-corrected chi connectivity index (χ1v) is 7.67. The van der Waals surface area contributed by atoms with E-state index in [4.69, 9.17) is 18.0 Å². The fourth-order valence-corrected chi connectivity index (χ4v) is 3.07. The van der Waals surface area contributed by atoms with Crippen LogP contribution in [0.4, 0.5) is 10.1 Å². The molecule has 21 heavy (non-hydrogen) atoms. The summed E-state index contributed by atoms with van der Waals surface area (Å²) in [7, 11) is 0. The van der Waals surface area contributed by atoms with Crippen LogP contribution in [-0.4, -0.2) is 4.99 Å². The molecule has 0 aliphatic rings. The molecule has 0 saturated heterocycles. The molecule has 5 heteroatoms. The third kappa shape index (κ3) is 3.80. The van der Waals surface area contributed by atoms with Gasteiger partial charge in [0.15, 0.2) is 0 Å². The molecule has 0 heterocycles. The number of nitrogens with one attached hydrogen (secondary N) is 1. The molecular weight excluding hydrogens is 351 g/mol. The lowest BCUT2D eigenvalue weighted by molar-refractivity contribution is 0.608. The van der Waals surface area contributed by atoms with Crippen LogP contribution >= 0.6 is 28.1 Å². The molecule has 2 rings (SSSR count). The Bertz CT molecular complexity index is 678. The zero-order valence-corrected chi connectivity index (χ0v) is 14.2. The van der Waals surface area contributed by atoms with E-state index < -0.39 is 0 Å². The van der Waals surface area contributed by atoms with Gasteiger partial charge in [-0.2, -0.15) is 0 Å². The van der Waals surface area contributed by atoms with Crippen molar-refractivity contribution >= 4 is 38.8 Å². The summed E-state index contributed by atoms with van der Waals surface area (Å²) in [6.45, 7) is 4.18. The molecular formula is C16H16BrFN2S. The average molecular weight is 367 g/mol. The van der Waals surface area contributed by atoms with E-state index in [1.54, 1.807) is 13.8 Å². The predicted octanol–water partition coefficient (Wildman–Crippen LogP) is 4.45. The first kappa shape index (κ1) is 15.9. The van der Waals surface area contributed by atoms with Gasteiger partial charge < -0.3 is 11.1 Å². The van der Waals surface area contributed by atoms with E-state index in [1.807, 2.05) is 30.3 Å². The molecule has 0 amide bonds. The maximum atomic E-state index is 13.6. The molecule has 0 radical (unpaired) electrons. The van der Waals surface area contributed by atoms with E-state index in [-0.39, 0.29) is 5.82 Å². The molecule has 0 atom stereocenters. The van der Waals surface area contributed by atoms with Gasteiger partial charge in [-0.3, -0.25) is 0 Å². The van der Waals surface area contributed by atoms with E-state index in [2.05, 4.69) is 21.2 Å². The number of hydrogen-bond donors (Lipinski definition) is 2. The van der Waals surface area contributed by atoms with Crippen LogP contribution < -0.4 is 11.1 Å². The zero-order chi connectivity index (χ0) is 15.6. The molecule has 2 aromatic rings. The summed E-state index contributed by atoms with van der Waals surface area (Å²) >= 11 is 8.42. The molecule has 0 unspecified atom stereocenters. The van der Waals surface area contributed by atoms with Gasteiger partial charge in [-0.05, 0) is 64.7 Å². The lowest BCUT2D eigenvalue weighted by Gasteiger charge is -2.11. The van der Waals surface area contributed by atoms with Crippen LogP contribution in [0.2, 0.25) is 0 Å². The topological polar surface area (TPSA) is 38.0 Å². The Labute approximate surface area is 137 Å². The van der Waals surface area contributed by atoms with Gasteiger partial charge in [-0.1, -0.05) is 24.4 Å². The Hall–Kier alpha value is -1.46. The minimum atomic E-state index is -0.137. The highest BCUT2D eigenvalue weighted by molar-refractivity contribution is 9.10. The van der Waals surface area contributed by atoms with Crippen molar-refractivity contribution in [2.24, 2.45) is 5.73 Å². The quantitative estimate of drug-likeness (QED) is 0.784. The summed E-state index contributed by atoms with van der Waals surface area (Å²) in [5.41, 5.74) is 9.75. The largest absolute Gasteiger partial charge is 0.389 e. The van der Waals surface area contributed by atoms with E-state index in [9.17, 15) is 4.39 Å². The van der Waals surface area contributed by atoms with E-state index >= 15 is 0 Å². The van der Waals surface area contributed by atoms with Crippen LogP contribution in [0.5, 0.6) is 0 Å². The van der Waals surface area contributed by atoms with Crippen molar-refractivity contribution in [1.29, 1.82) is 0 Å². The normalized spacial score (nSPS) is 10.5. The van der Waals surface area contributed by atoms with E-state index in [0.29, 0.717) is 22.7 Å². The van der Waals surface area contributed by atoms with Crippen LogP contribution in [0, 0.1) is 19.7 Å². The molecule has 0 bridgehead atoms. The number of rotatable bonds is 4. The lowest BCUT2D eigenvalue weighted by Crippen LogP contribution is -2.10. The number of thiocarbonyl (C=S) groups is 1. The lowest BCUT2D eigenvalue weighted by atomic mass is 10.1. The van der Waals surface area contributed by atoms with Crippen LogP contribution in [0.3, 0.4) is 0 Å². The number of benzene rings is 2. The monoisotopic (exact) mass is 366 g/mol. The highest BCUT2D eigenvalue weighted by Crippen LogP contribution is 2.22. The van der Waals surface area contributed by atoms with Crippen LogP contribution in [0.15, 0.2) is 34.8 Å². The second-order valence-electron chi connectivity index (χ2n) is 4.96. The molecule has 0 aliphatic heterocycles. The van der Waals surface area contributed by atoms with Crippen molar-refractivity contribution < 1.29 is 4.39 Å². The maximum absolute atomic E-state index is 13.6. The summed E-state index contributed by atoms with van der Waals surface area (Å²) in [6.07, 6.45) is 0. The average Bonchev–Trinajstić information content (AvgIpc) is 2.42. The Balaban J connectivity index is 2.13. The van der Waals surface area contributed by atoms with Crippen LogP contribution in [-0.2, 0) is 6.54 Å². The number of nitrogens with two attached hydrogens (primary N) is 1. The van der Waals surface area contributed by atoms with Gasteiger partial charge in [-0.15, -0.1) is 0 Å². The smallest absolute Gasteiger partial charge is 0.129 e. The Morgan fingerprint density at radius 3 is 2.38 bits per heavy atom. The third-order valence-corrected chi connectivity index (χ3v) is 4.10. The van der Waals surface area contributed by atoms with Gasteiger partial charge in [0.1, 0.15) is 10.8 Å². The second kappa shape index (κ2) is 6.54. The molecule has 0 aliphatic carbocycles. The molecule has 0 spiro atoms. The SMILES string of the molecule is Cc1cc(CNc2ccc(C(N)=S)c(Br)c2)cc(C)c1F. The minimum absolute atomic E-state index is 0.137.